The molecule has 4 nitrogen and oxygen atoms in total. The normalized spacial score (nSPS) is 14.7. The van der Waals surface area contributed by atoms with E-state index in [-0.39, 0.29) is 0 Å². The summed E-state index contributed by atoms with van der Waals surface area (Å²) < 4.78 is 5.26. The van der Waals surface area contributed by atoms with Gasteiger partial charge in [0.1, 0.15) is 11.6 Å². The van der Waals surface area contributed by atoms with E-state index in [0.717, 1.165) is 37.7 Å². The van der Waals surface area contributed by atoms with Crippen LogP contribution in [0.4, 0.5) is 5.82 Å². The van der Waals surface area contributed by atoms with E-state index in [1.165, 1.54) is 30.4 Å². The van der Waals surface area contributed by atoms with Crippen LogP contribution >= 0.6 is 0 Å². The van der Waals surface area contributed by atoms with Crippen LogP contribution in [0.5, 0.6) is 5.75 Å². The van der Waals surface area contributed by atoms with E-state index in [9.17, 15) is 0 Å². The molecule has 0 spiro atoms. The molecule has 0 bridgehead atoms. The molecule has 0 atom stereocenters. The fourth-order valence-electron chi connectivity index (χ4n) is 3.00. The smallest absolute Gasteiger partial charge is 0.128 e. The van der Waals surface area contributed by atoms with Crippen LogP contribution in [-0.4, -0.2) is 25.2 Å². The van der Waals surface area contributed by atoms with Gasteiger partial charge < -0.3 is 15.0 Å². The van der Waals surface area contributed by atoms with Gasteiger partial charge in [0.05, 0.1) is 7.11 Å². The fraction of sp³-hybridized carbons (Fsp3) is 0.421. The summed E-state index contributed by atoms with van der Waals surface area (Å²) in [4.78, 5) is 6.93. The summed E-state index contributed by atoms with van der Waals surface area (Å²) in [6.45, 7) is 3.94. The summed E-state index contributed by atoms with van der Waals surface area (Å²) in [6.07, 6.45) is 5.82. The maximum absolute atomic E-state index is 5.26. The molecule has 1 aliphatic rings. The molecule has 23 heavy (non-hydrogen) atoms. The van der Waals surface area contributed by atoms with Crippen molar-refractivity contribution in [2.45, 2.75) is 32.4 Å². The Bertz CT molecular complexity index is 624. The topological polar surface area (TPSA) is 37.4 Å². The lowest BCUT2D eigenvalue weighted by molar-refractivity contribution is 0.414. The number of nitrogens with one attached hydrogen (secondary N) is 1. The molecular formula is C19H25N3O. The molecule has 0 saturated carbocycles. The number of aromatic nitrogens is 1. The molecule has 0 amide bonds. The minimum Gasteiger partial charge on any atom is -0.497 e. The second-order valence-corrected chi connectivity index (χ2v) is 6.03. The van der Waals surface area contributed by atoms with Crippen molar-refractivity contribution in [1.82, 2.24) is 10.3 Å². The predicted molar refractivity (Wildman–Crippen MR) is 93.8 cm³/mol. The molecule has 0 unspecified atom stereocenters. The number of piperidine rings is 1. The summed E-state index contributed by atoms with van der Waals surface area (Å²) in [5, 5.41) is 3.50. The number of pyridine rings is 1. The maximum Gasteiger partial charge on any atom is 0.128 e. The number of hydrogen-bond donors (Lipinski definition) is 1. The molecular weight excluding hydrogens is 286 g/mol. The Hall–Kier alpha value is -2.07. The van der Waals surface area contributed by atoms with Crippen LogP contribution in [0.2, 0.25) is 0 Å². The molecule has 1 aliphatic heterocycles. The van der Waals surface area contributed by atoms with Gasteiger partial charge in [-0.3, -0.25) is 0 Å². The van der Waals surface area contributed by atoms with E-state index in [0.29, 0.717) is 0 Å². The maximum atomic E-state index is 5.26. The first-order chi connectivity index (χ1) is 11.3. The van der Waals surface area contributed by atoms with E-state index in [1.807, 2.05) is 18.3 Å². The molecule has 1 aromatic carbocycles. The van der Waals surface area contributed by atoms with Gasteiger partial charge in [0.25, 0.3) is 0 Å². The molecule has 2 aromatic rings. The number of rotatable bonds is 6. The average molecular weight is 311 g/mol. The van der Waals surface area contributed by atoms with E-state index in [1.54, 1.807) is 7.11 Å². The lowest BCUT2D eigenvalue weighted by Crippen LogP contribution is -2.30. The Morgan fingerprint density at radius 1 is 1.04 bits per heavy atom. The van der Waals surface area contributed by atoms with Gasteiger partial charge in [-0.2, -0.15) is 0 Å². The van der Waals surface area contributed by atoms with Crippen molar-refractivity contribution < 1.29 is 4.74 Å². The molecule has 0 aliphatic carbocycles. The van der Waals surface area contributed by atoms with E-state index < -0.39 is 0 Å². The Morgan fingerprint density at radius 3 is 2.61 bits per heavy atom. The van der Waals surface area contributed by atoms with E-state index in [2.05, 4.69) is 39.5 Å². The van der Waals surface area contributed by atoms with Crippen LogP contribution in [0.1, 0.15) is 30.4 Å². The summed E-state index contributed by atoms with van der Waals surface area (Å²) in [5.41, 5.74) is 2.51. The Kier molecular flexibility index (Phi) is 5.48. The Balaban J connectivity index is 1.55. The minimum absolute atomic E-state index is 0.832. The van der Waals surface area contributed by atoms with Crippen LogP contribution in [0.25, 0.3) is 0 Å². The Morgan fingerprint density at radius 2 is 1.83 bits per heavy atom. The van der Waals surface area contributed by atoms with Crippen LogP contribution in [0, 0.1) is 0 Å². The van der Waals surface area contributed by atoms with Crippen LogP contribution < -0.4 is 15.0 Å². The number of nitrogens with zero attached hydrogens (tertiary/aromatic N) is 2. The van der Waals surface area contributed by atoms with Gasteiger partial charge in [-0.1, -0.05) is 12.1 Å². The van der Waals surface area contributed by atoms with Gasteiger partial charge in [0.2, 0.25) is 0 Å². The third-order valence-corrected chi connectivity index (χ3v) is 4.28. The third kappa shape index (κ3) is 4.45. The SMILES string of the molecule is COc1cccc(CNCc2ccnc(N3CCCCC3)c2)c1. The van der Waals surface area contributed by atoms with Crippen molar-refractivity contribution in [2.75, 3.05) is 25.1 Å². The predicted octanol–water partition coefficient (Wildman–Crippen LogP) is 3.37. The van der Waals surface area contributed by atoms with Crippen molar-refractivity contribution in [3.63, 3.8) is 0 Å². The van der Waals surface area contributed by atoms with Gasteiger partial charge >= 0.3 is 0 Å². The molecule has 2 heterocycles. The van der Waals surface area contributed by atoms with Crippen molar-refractivity contribution in [3.8, 4) is 5.75 Å². The Labute approximate surface area is 138 Å². The fourth-order valence-corrected chi connectivity index (χ4v) is 3.00. The molecule has 4 heteroatoms. The zero-order valence-electron chi connectivity index (χ0n) is 13.8. The lowest BCUT2D eigenvalue weighted by atomic mass is 10.1. The van der Waals surface area contributed by atoms with Gasteiger partial charge in [0.15, 0.2) is 0 Å². The molecule has 1 N–H and O–H groups in total. The van der Waals surface area contributed by atoms with Crippen molar-refractivity contribution in [1.29, 1.82) is 0 Å². The minimum atomic E-state index is 0.832. The van der Waals surface area contributed by atoms with Gasteiger partial charge in [0, 0.05) is 32.4 Å². The summed E-state index contributed by atoms with van der Waals surface area (Å²) in [7, 11) is 1.70. The van der Waals surface area contributed by atoms with Gasteiger partial charge in [-0.25, -0.2) is 4.98 Å². The first kappa shape index (κ1) is 15.8. The summed E-state index contributed by atoms with van der Waals surface area (Å²) in [5.74, 6) is 2.02. The average Bonchev–Trinajstić information content (AvgIpc) is 2.63. The highest BCUT2D eigenvalue weighted by atomic mass is 16.5. The van der Waals surface area contributed by atoms with Crippen LogP contribution in [0.15, 0.2) is 42.6 Å². The van der Waals surface area contributed by atoms with Gasteiger partial charge in [-0.15, -0.1) is 0 Å². The second-order valence-electron chi connectivity index (χ2n) is 6.03. The number of methoxy groups -OCH3 is 1. The molecule has 0 radical (unpaired) electrons. The standard InChI is InChI=1S/C19H25N3O/c1-23-18-7-5-6-16(12-18)14-20-15-17-8-9-21-19(13-17)22-10-3-2-4-11-22/h5-9,12-13,20H,2-4,10-11,14-15H2,1H3. The first-order valence-electron chi connectivity index (χ1n) is 8.39. The van der Waals surface area contributed by atoms with Crippen LogP contribution in [-0.2, 0) is 13.1 Å². The van der Waals surface area contributed by atoms with Crippen molar-refractivity contribution in [2.24, 2.45) is 0 Å². The highest BCUT2D eigenvalue weighted by molar-refractivity contribution is 5.41. The molecule has 1 aromatic heterocycles. The number of hydrogen-bond acceptors (Lipinski definition) is 4. The molecule has 122 valence electrons. The zero-order valence-corrected chi connectivity index (χ0v) is 13.8. The second kappa shape index (κ2) is 7.97. The highest BCUT2D eigenvalue weighted by Crippen LogP contribution is 2.18. The number of benzene rings is 1. The summed E-state index contributed by atoms with van der Waals surface area (Å²) >= 11 is 0. The van der Waals surface area contributed by atoms with Gasteiger partial charge in [-0.05, 0) is 54.7 Å². The number of anilines is 1. The lowest BCUT2D eigenvalue weighted by Gasteiger charge is -2.27. The highest BCUT2D eigenvalue weighted by Gasteiger charge is 2.12. The van der Waals surface area contributed by atoms with E-state index >= 15 is 0 Å². The van der Waals surface area contributed by atoms with Crippen LogP contribution in [0.3, 0.4) is 0 Å². The third-order valence-electron chi connectivity index (χ3n) is 4.28. The molecule has 1 fully saturated rings. The summed E-state index contributed by atoms with van der Waals surface area (Å²) in [6, 6.07) is 12.5. The zero-order chi connectivity index (χ0) is 15.9. The van der Waals surface area contributed by atoms with E-state index in [4.69, 9.17) is 4.74 Å². The number of ether oxygens (including phenoxy) is 1. The quantitative estimate of drug-likeness (QED) is 0.887. The molecule has 3 rings (SSSR count). The van der Waals surface area contributed by atoms with Crippen molar-refractivity contribution >= 4 is 5.82 Å². The first-order valence-corrected chi connectivity index (χ1v) is 8.39. The molecule has 1 saturated heterocycles. The monoisotopic (exact) mass is 311 g/mol. The largest absolute Gasteiger partial charge is 0.497 e. The van der Waals surface area contributed by atoms with Crippen molar-refractivity contribution in [3.05, 3.63) is 53.7 Å².